The molecule has 1 aliphatic carbocycles. The number of nitrogens with zero attached hydrogens (tertiary/aromatic N) is 1. The van der Waals surface area contributed by atoms with Crippen LogP contribution in [-0.4, -0.2) is 25.7 Å². The van der Waals surface area contributed by atoms with Crippen LogP contribution in [0.3, 0.4) is 0 Å². The SMILES string of the molecule is CCCC(C)(CNC1CC1)CN(CC)c1ccc(F)cc1. The van der Waals surface area contributed by atoms with Crippen molar-refractivity contribution in [2.45, 2.75) is 52.5 Å². The number of anilines is 1. The first-order chi connectivity index (χ1) is 10.1. The Balaban J connectivity index is 2.02. The van der Waals surface area contributed by atoms with Crippen molar-refractivity contribution in [3.8, 4) is 0 Å². The summed E-state index contributed by atoms with van der Waals surface area (Å²) < 4.78 is 13.1. The zero-order chi connectivity index (χ0) is 15.3. The molecule has 0 spiro atoms. The summed E-state index contributed by atoms with van der Waals surface area (Å²) in [5, 5.41) is 3.69. The third kappa shape index (κ3) is 4.99. The molecule has 0 radical (unpaired) electrons. The number of nitrogens with one attached hydrogen (secondary N) is 1. The van der Waals surface area contributed by atoms with Crippen molar-refractivity contribution in [3.63, 3.8) is 0 Å². The Morgan fingerprint density at radius 2 is 1.90 bits per heavy atom. The van der Waals surface area contributed by atoms with E-state index in [4.69, 9.17) is 0 Å². The van der Waals surface area contributed by atoms with E-state index >= 15 is 0 Å². The smallest absolute Gasteiger partial charge is 0.123 e. The Bertz CT molecular complexity index is 427. The third-order valence-corrected chi connectivity index (χ3v) is 4.39. The van der Waals surface area contributed by atoms with Gasteiger partial charge in [-0.3, -0.25) is 0 Å². The summed E-state index contributed by atoms with van der Waals surface area (Å²) in [4.78, 5) is 2.36. The van der Waals surface area contributed by atoms with Crippen molar-refractivity contribution >= 4 is 5.69 Å². The van der Waals surface area contributed by atoms with Gasteiger partial charge in [-0.15, -0.1) is 0 Å². The van der Waals surface area contributed by atoms with Crippen LogP contribution >= 0.6 is 0 Å². The first-order valence-electron chi connectivity index (χ1n) is 8.30. The molecule has 0 aromatic heterocycles. The lowest BCUT2D eigenvalue weighted by atomic mass is 9.84. The predicted molar refractivity (Wildman–Crippen MR) is 88.3 cm³/mol. The summed E-state index contributed by atoms with van der Waals surface area (Å²) in [6.45, 7) is 9.84. The predicted octanol–water partition coefficient (Wildman–Crippen LogP) is 4.21. The van der Waals surface area contributed by atoms with E-state index in [0.29, 0.717) is 0 Å². The van der Waals surface area contributed by atoms with E-state index < -0.39 is 0 Å². The van der Waals surface area contributed by atoms with Gasteiger partial charge in [0, 0.05) is 31.4 Å². The molecule has 118 valence electrons. The fourth-order valence-electron chi connectivity index (χ4n) is 3.00. The van der Waals surface area contributed by atoms with Gasteiger partial charge in [-0.1, -0.05) is 20.3 Å². The highest BCUT2D eigenvalue weighted by Gasteiger charge is 2.29. The lowest BCUT2D eigenvalue weighted by molar-refractivity contribution is 0.280. The molecule has 1 aromatic carbocycles. The maximum Gasteiger partial charge on any atom is 0.123 e. The van der Waals surface area contributed by atoms with E-state index in [9.17, 15) is 4.39 Å². The van der Waals surface area contributed by atoms with Gasteiger partial charge in [0.15, 0.2) is 0 Å². The highest BCUT2D eigenvalue weighted by Crippen LogP contribution is 2.29. The lowest BCUT2D eigenvalue weighted by Crippen LogP contribution is -2.43. The second-order valence-electron chi connectivity index (χ2n) is 6.71. The van der Waals surface area contributed by atoms with E-state index in [1.807, 2.05) is 12.1 Å². The van der Waals surface area contributed by atoms with Gasteiger partial charge in [0.05, 0.1) is 0 Å². The van der Waals surface area contributed by atoms with Crippen LogP contribution in [0.4, 0.5) is 10.1 Å². The molecular weight excluding hydrogens is 263 g/mol. The van der Waals surface area contributed by atoms with Gasteiger partial charge in [-0.2, -0.15) is 0 Å². The molecule has 1 aliphatic rings. The Labute approximate surface area is 128 Å². The number of hydrogen-bond donors (Lipinski definition) is 1. The van der Waals surface area contributed by atoms with E-state index in [1.165, 1.54) is 25.7 Å². The van der Waals surface area contributed by atoms with Crippen LogP contribution in [0.1, 0.15) is 46.5 Å². The van der Waals surface area contributed by atoms with Crippen molar-refractivity contribution in [1.82, 2.24) is 5.32 Å². The molecule has 1 N–H and O–H groups in total. The molecule has 1 aromatic rings. The van der Waals surface area contributed by atoms with E-state index in [0.717, 1.165) is 31.4 Å². The average Bonchev–Trinajstić information content (AvgIpc) is 3.28. The molecule has 2 nitrogen and oxygen atoms in total. The summed E-state index contributed by atoms with van der Waals surface area (Å²) in [6, 6.07) is 7.64. The Morgan fingerprint density at radius 3 is 2.43 bits per heavy atom. The normalized spacial score (nSPS) is 17.5. The molecule has 0 saturated heterocycles. The first-order valence-corrected chi connectivity index (χ1v) is 8.30. The van der Waals surface area contributed by atoms with E-state index in [1.54, 1.807) is 12.1 Å². The number of rotatable bonds is 9. The summed E-state index contributed by atoms with van der Waals surface area (Å²) in [5.41, 5.74) is 1.38. The average molecular weight is 292 g/mol. The topological polar surface area (TPSA) is 15.3 Å². The summed E-state index contributed by atoms with van der Waals surface area (Å²) in [5.74, 6) is -0.165. The lowest BCUT2D eigenvalue weighted by Gasteiger charge is -2.36. The Hall–Kier alpha value is -1.09. The number of halogens is 1. The van der Waals surface area contributed by atoms with Crippen molar-refractivity contribution < 1.29 is 4.39 Å². The number of hydrogen-bond acceptors (Lipinski definition) is 2. The highest BCUT2D eigenvalue weighted by molar-refractivity contribution is 5.46. The second kappa shape index (κ2) is 7.26. The minimum absolute atomic E-state index is 0.165. The van der Waals surface area contributed by atoms with E-state index in [-0.39, 0.29) is 11.2 Å². The van der Waals surface area contributed by atoms with Crippen LogP contribution in [0.2, 0.25) is 0 Å². The maximum atomic E-state index is 13.1. The minimum Gasteiger partial charge on any atom is -0.371 e. The fraction of sp³-hybridized carbons (Fsp3) is 0.667. The van der Waals surface area contributed by atoms with Gasteiger partial charge < -0.3 is 10.2 Å². The molecule has 0 bridgehead atoms. The quantitative estimate of drug-likeness (QED) is 0.733. The van der Waals surface area contributed by atoms with Crippen LogP contribution in [-0.2, 0) is 0 Å². The molecular formula is C18H29FN2. The van der Waals surface area contributed by atoms with Gasteiger partial charge in [0.25, 0.3) is 0 Å². The van der Waals surface area contributed by atoms with Crippen LogP contribution in [0.25, 0.3) is 0 Å². The third-order valence-electron chi connectivity index (χ3n) is 4.39. The van der Waals surface area contributed by atoms with Crippen LogP contribution in [0.5, 0.6) is 0 Å². The summed E-state index contributed by atoms with van der Waals surface area (Å²) >= 11 is 0. The van der Waals surface area contributed by atoms with Gasteiger partial charge >= 0.3 is 0 Å². The molecule has 1 unspecified atom stereocenters. The van der Waals surface area contributed by atoms with Gasteiger partial charge in [0.1, 0.15) is 5.82 Å². The van der Waals surface area contributed by atoms with E-state index in [2.05, 4.69) is 31.0 Å². The van der Waals surface area contributed by atoms with Crippen molar-refractivity contribution in [2.75, 3.05) is 24.5 Å². The summed E-state index contributed by atoms with van der Waals surface area (Å²) in [6.07, 6.45) is 5.07. The van der Waals surface area contributed by atoms with Crippen molar-refractivity contribution in [3.05, 3.63) is 30.1 Å². The van der Waals surface area contributed by atoms with Gasteiger partial charge in [-0.05, 0) is 55.9 Å². The summed E-state index contributed by atoms with van der Waals surface area (Å²) in [7, 11) is 0. The Morgan fingerprint density at radius 1 is 1.24 bits per heavy atom. The molecule has 0 aliphatic heterocycles. The number of benzene rings is 1. The maximum absolute atomic E-state index is 13.1. The molecule has 1 saturated carbocycles. The van der Waals surface area contributed by atoms with Crippen LogP contribution in [0.15, 0.2) is 24.3 Å². The Kier molecular flexibility index (Phi) is 5.63. The van der Waals surface area contributed by atoms with Crippen LogP contribution < -0.4 is 10.2 Å². The highest BCUT2D eigenvalue weighted by atomic mass is 19.1. The monoisotopic (exact) mass is 292 g/mol. The molecule has 0 heterocycles. The van der Waals surface area contributed by atoms with Crippen molar-refractivity contribution in [2.24, 2.45) is 5.41 Å². The minimum atomic E-state index is -0.165. The molecule has 1 atom stereocenters. The zero-order valence-corrected chi connectivity index (χ0v) is 13.7. The molecule has 21 heavy (non-hydrogen) atoms. The molecule has 3 heteroatoms. The standard InChI is InChI=1S/C18H29FN2/c1-4-12-18(3,13-20-16-8-9-16)14-21(5-2)17-10-6-15(19)7-11-17/h6-7,10-11,16,20H,4-5,8-9,12-14H2,1-3H3. The van der Waals surface area contributed by atoms with Gasteiger partial charge in [-0.25, -0.2) is 4.39 Å². The molecule has 2 rings (SSSR count). The fourth-order valence-corrected chi connectivity index (χ4v) is 3.00. The zero-order valence-electron chi connectivity index (χ0n) is 13.7. The second-order valence-corrected chi connectivity index (χ2v) is 6.71. The molecule has 0 amide bonds. The van der Waals surface area contributed by atoms with Crippen molar-refractivity contribution in [1.29, 1.82) is 0 Å². The van der Waals surface area contributed by atoms with Gasteiger partial charge in [0.2, 0.25) is 0 Å². The van der Waals surface area contributed by atoms with Crippen LogP contribution in [0, 0.1) is 11.2 Å². The first kappa shape index (κ1) is 16.3. The molecule has 1 fully saturated rings. The largest absolute Gasteiger partial charge is 0.371 e.